The number of thioether (sulfide) groups is 1. The second-order valence-corrected chi connectivity index (χ2v) is 7.30. The molecule has 1 heterocycles. The molecule has 0 aliphatic carbocycles. The van der Waals surface area contributed by atoms with E-state index in [0.717, 1.165) is 28.3 Å². The molecule has 0 spiro atoms. The van der Waals surface area contributed by atoms with E-state index in [1.54, 1.807) is 37.0 Å². The maximum Gasteiger partial charge on any atom is 0.306 e. The number of carboxylic acids is 1. The van der Waals surface area contributed by atoms with E-state index in [0.29, 0.717) is 23.8 Å². The highest BCUT2D eigenvalue weighted by Crippen LogP contribution is 2.28. The van der Waals surface area contributed by atoms with Gasteiger partial charge in [0.15, 0.2) is 0 Å². The minimum atomic E-state index is -0.815. The Morgan fingerprint density at radius 3 is 2.88 bits per heavy atom. The van der Waals surface area contributed by atoms with Gasteiger partial charge in [-0.05, 0) is 42.4 Å². The lowest BCUT2D eigenvalue weighted by Gasteiger charge is -2.12. The number of carboxylic acid groups (broad SMARTS) is 1. The third-order valence-corrected chi connectivity index (χ3v) is 5.18. The van der Waals surface area contributed by atoms with Crippen molar-refractivity contribution in [1.29, 1.82) is 0 Å². The predicted octanol–water partition coefficient (Wildman–Crippen LogP) is 5.08. The highest BCUT2D eigenvalue weighted by molar-refractivity contribution is 7.99. The zero-order valence-electron chi connectivity index (χ0n) is 14.4. The summed E-state index contributed by atoms with van der Waals surface area (Å²) in [5, 5.41) is 10.5. The van der Waals surface area contributed by atoms with Crippen molar-refractivity contribution in [3.8, 4) is 5.75 Å². The summed E-state index contributed by atoms with van der Waals surface area (Å²) in [7, 11) is 0. The van der Waals surface area contributed by atoms with E-state index in [1.807, 2.05) is 18.2 Å². The van der Waals surface area contributed by atoms with E-state index < -0.39 is 11.9 Å². The van der Waals surface area contributed by atoms with Crippen molar-refractivity contribution >= 4 is 29.3 Å². The molecule has 0 radical (unpaired) electrons. The molecule has 1 aromatic heterocycles. The van der Waals surface area contributed by atoms with E-state index >= 15 is 0 Å². The van der Waals surface area contributed by atoms with Crippen LogP contribution in [0.2, 0.25) is 5.02 Å². The summed E-state index contributed by atoms with van der Waals surface area (Å²) in [4.78, 5) is 15.4. The topological polar surface area (TPSA) is 59.4 Å². The van der Waals surface area contributed by atoms with Crippen molar-refractivity contribution in [2.45, 2.75) is 38.3 Å². The fraction of sp³-hybridized carbons (Fsp3) is 0.368. The minimum Gasteiger partial charge on any atom is -0.487 e. The Bertz CT molecular complexity index is 724. The molecule has 25 heavy (non-hydrogen) atoms. The summed E-state index contributed by atoms with van der Waals surface area (Å²) in [6, 6.07) is 9.32. The fourth-order valence-electron chi connectivity index (χ4n) is 2.25. The van der Waals surface area contributed by atoms with Crippen molar-refractivity contribution in [3.63, 3.8) is 0 Å². The fourth-order valence-corrected chi connectivity index (χ4v) is 3.35. The summed E-state index contributed by atoms with van der Waals surface area (Å²) >= 11 is 8.01. The van der Waals surface area contributed by atoms with Crippen molar-refractivity contribution in [2.24, 2.45) is 5.92 Å². The molecule has 4 nitrogen and oxygen atoms in total. The first-order valence-electron chi connectivity index (χ1n) is 8.22. The van der Waals surface area contributed by atoms with Gasteiger partial charge in [0.1, 0.15) is 17.4 Å². The predicted molar refractivity (Wildman–Crippen MR) is 102 cm³/mol. The molecular weight excluding hydrogens is 358 g/mol. The average molecular weight is 380 g/mol. The van der Waals surface area contributed by atoms with Gasteiger partial charge in [0.25, 0.3) is 0 Å². The summed E-state index contributed by atoms with van der Waals surface area (Å²) in [6.45, 7) is 4.21. The van der Waals surface area contributed by atoms with E-state index in [2.05, 4.69) is 11.9 Å². The number of hydrogen-bond donors (Lipinski definition) is 1. The number of hydrogen-bond acceptors (Lipinski definition) is 4. The number of ether oxygens (including phenoxy) is 1. The molecule has 1 unspecified atom stereocenters. The molecule has 0 amide bonds. The van der Waals surface area contributed by atoms with Crippen LogP contribution in [0.5, 0.6) is 5.75 Å². The molecule has 0 bridgehead atoms. The molecule has 0 saturated heterocycles. The lowest BCUT2D eigenvalue weighted by atomic mass is 10.0. The molecule has 2 aromatic rings. The van der Waals surface area contributed by atoms with Gasteiger partial charge in [0, 0.05) is 11.8 Å². The number of pyridine rings is 1. The third-order valence-electron chi connectivity index (χ3n) is 3.64. The number of aliphatic carboxylic acids is 1. The van der Waals surface area contributed by atoms with Crippen LogP contribution in [-0.2, 0) is 17.8 Å². The Morgan fingerprint density at radius 2 is 2.20 bits per heavy atom. The highest BCUT2D eigenvalue weighted by atomic mass is 35.5. The van der Waals surface area contributed by atoms with Gasteiger partial charge < -0.3 is 9.84 Å². The van der Waals surface area contributed by atoms with E-state index in [1.165, 1.54) is 0 Å². The Hall–Kier alpha value is -1.72. The van der Waals surface area contributed by atoms with Gasteiger partial charge in [-0.3, -0.25) is 4.79 Å². The molecule has 0 saturated carbocycles. The first-order valence-corrected chi connectivity index (χ1v) is 9.58. The van der Waals surface area contributed by atoms with Crippen LogP contribution in [0.3, 0.4) is 0 Å². The molecule has 6 heteroatoms. The van der Waals surface area contributed by atoms with Gasteiger partial charge in [0.05, 0.1) is 10.9 Å². The molecule has 1 aromatic carbocycles. The van der Waals surface area contributed by atoms with Gasteiger partial charge in [-0.25, -0.2) is 4.98 Å². The highest BCUT2D eigenvalue weighted by Gasteiger charge is 2.13. The standard InChI is InChI=1S/C19H22ClNO3S/c1-3-9-25-18-15(5-4-8-21-18)12-24-17-7-6-14(11-16(17)20)10-13(2)19(22)23/h4-8,11,13H,3,9-10,12H2,1-2H3,(H,22,23). The van der Waals surface area contributed by atoms with Gasteiger partial charge in [-0.15, -0.1) is 11.8 Å². The lowest BCUT2D eigenvalue weighted by molar-refractivity contribution is -0.141. The first-order chi connectivity index (χ1) is 12.0. The average Bonchev–Trinajstić information content (AvgIpc) is 2.60. The van der Waals surface area contributed by atoms with E-state index in [-0.39, 0.29) is 0 Å². The van der Waals surface area contributed by atoms with Gasteiger partial charge in [-0.2, -0.15) is 0 Å². The van der Waals surface area contributed by atoms with Crippen LogP contribution in [0, 0.1) is 5.92 Å². The quantitative estimate of drug-likeness (QED) is 0.615. The molecular formula is C19H22ClNO3S. The molecule has 0 fully saturated rings. The monoisotopic (exact) mass is 379 g/mol. The number of carbonyl (C=O) groups is 1. The minimum absolute atomic E-state index is 0.393. The Labute approximate surface area is 157 Å². The SMILES string of the molecule is CCCSc1ncccc1COc1ccc(CC(C)C(=O)O)cc1Cl. The number of rotatable bonds is 9. The smallest absolute Gasteiger partial charge is 0.306 e. The largest absolute Gasteiger partial charge is 0.487 e. The number of halogens is 1. The van der Waals surface area contributed by atoms with Gasteiger partial charge >= 0.3 is 5.97 Å². The number of aromatic nitrogens is 1. The van der Waals surface area contributed by atoms with Crippen LogP contribution in [0.25, 0.3) is 0 Å². The maximum atomic E-state index is 11.0. The molecule has 1 N–H and O–H groups in total. The molecule has 2 rings (SSSR count). The zero-order chi connectivity index (χ0) is 18.2. The second kappa shape index (κ2) is 9.68. The summed E-state index contributed by atoms with van der Waals surface area (Å²) in [6.07, 6.45) is 3.31. The zero-order valence-corrected chi connectivity index (χ0v) is 15.9. The second-order valence-electron chi connectivity index (χ2n) is 5.81. The summed E-state index contributed by atoms with van der Waals surface area (Å²) < 4.78 is 5.85. The molecule has 1 atom stereocenters. The van der Waals surface area contributed by atoms with E-state index in [4.69, 9.17) is 21.4 Å². The van der Waals surface area contributed by atoms with E-state index in [9.17, 15) is 4.79 Å². The number of nitrogens with zero attached hydrogens (tertiary/aromatic N) is 1. The van der Waals surface area contributed by atoms with Crippen molar-refractivity contribution in [2.75, 3.05) is 5.75 Å². The molecule has 134 valence electrons. The van der Waals surface area contributed by atoms with Crippen molar-refractivity contribution < 1.29 is 14.6 Å². The normalized spacial score (nSPS) is 12.0. The molecule has 0 aliphatic rings. The van der Waals surface area contributed by atoms with Crippen LogP contribution in [0.1, 0.15) is 31.4 Å². The van der Waals surface area contributed by atoms with Crippen LogP contribution in [0.15, 0.2) is 41.6 Å². The van der Waals surface area contributed by atoms with Crippen molar-refractivity contribution in [3.05, 3.63) is 52.7 Å². The maximum absolute atomic E-state index is 11.0. The van der Waals surface area contributed by atoms with Gasteiger partial charge in [-0.1, -0.05) is 37.6 Å². The summed E-state index contributed by atoms with van der Waals surface area (Å²) in [5.41, 5.74) is 1.91. The lowest BCUT2D eigenvalue weighted by Crippen LogP contribution is -2.12. The van der Waals surface area contributed by atoms with Crippen molar-refractivity contribution in [1.82, 2.24) is 4.98 Å². The van der Waals surface area contributed by atoms with Crippen LogP contribution in [0.4, 0.5) is 0 Å². The first kappa shape index (κ1) is 19.6. The van der Waals surface area contributed by atoms with Crippen LogP contribution in [-0.4, -0.2) is 21.8 Å². The molecule has 0 aliphatic heterocycles. The van der Waals surface area contributed by atoms with Gasteiger partial charge in [0.2, 0.25) is 0 Å². The third kappa shape index (κ3) is 5.94. The Morgan fingerprint density at radius 1 is 1.40 bits per heavy atom. The Balaban J connectivity index is 2.03. The number of benzene rings is 1. The van der Waals surface area contributed by atoms with Crippen LogP contribution < -0.4 is 4.74 Å². The Kier molecular flexibility index (Phi) is 7.59. The van der Waals surface area contributed by atoms with Crippen LogP contribution >= 0.6 is 23.4 Å². The summed E-state index contributed by atoms with van der Waals surface area (Å²) in [5.74, 6) is 0.339.